The molecule has 2 N–H and O–H groups in total. The molecule has 3 rings (SSSR count). The highest BCUT2D eigenvalue weighted by Gasteiger charge is 2.30. The molecule has 1 heterocycles. The number of aryl methyl sites for hydroxylation is 1. The molecule has 0 aliphatic carbocycles. The minimum atomic E-state index is -0.541. The summed E-state index contributed by atoms with van der Waals surface area (Å²) < 4.78 is 0. The number of rotatable bonds is 4. The van der Waals surface area contributed by atoms with Crippen LogP contribution in [0.15, 0.2) is 59.0 Å². The van der Waals surface area contributed by atoms with E-state index >= 15 is 0 Å². The Labute approximate surface area is 128 Å². The fraction of sp³-hybridized carbons (Fsp3) is 0.188. The van der Waals surface area contributed by atoms with Gasteiger partial charge in [0.05, 0.1) is 12.2 Å². The Hall–Kier alpha value is -2.89. The van der Waals surface area contributed by atoms with Crippen molar-refractivity contribution in [3.05, 3.63) is 59.7 Å². The molecule has 1 aliphatic heterocycles. The second kappa shape index (κ2) is 5.85. The molecule has 1 unspecified atom stereocenters. The Morgan fingerprint density at radius 3 is 2.64 bits per heavy atom. The largest absolute Gasteiger partial charge is 0.399 e. The maximum Gasteiger partial charge on any atom is 0.198 e. The molecule has 6 heteroatoms. The van der Waals surface area contributed by atoms with Crippen LogP contribution in [0.1, 0.15) is 11.1 Å². The highest BCUT2D eigenvalue weighted by atomic mass is 16.1. The summed E-state index contributed by atoms with van der Waals surface area (Å²) in [5, 5.41) is 11.5. The summed E-state index contributed by atoms with van der Waals surface area (Å²) in [6.45, 7) is 2.45. The molecule has 2 aromatic carbocycles. The van der Waals surface area contributed by atoms with E-state index in [9.17, 15) is 4.79 Å². The van der Waals surface area contributed by atoms with E-state index in [1.54, 1.807) is 10.0 Å². The van der Waals surface area contributed by atoms with Crippen molar-refractivity contribution < 1.29 is 4.79 Å². The van der Waals surface area contributed by atoms with Gasteiger partial charge in [0.1, 0.15) is 0 Å². The van der Waals surface area contributed by atoms with E-state index < -0.39 is 6.17 Å². The number of hydrogen-bond acceptors (Lipinski definition) is 6. The molecule has 0 aromatic heterocycles. The molecule has 0 amide bonds. The molecule has 0 fully saturated rings. The van der Waals surface area contributed by atoms with Gasteiger partial charge in [-0.25, -0.2) is 10.0 Å². The molecule has 0 saturated heterocycles. The zero-order chi connectivity index (χ0) is 15.5. The van der Waals surface area contributed by atoms with Gasteiger partial charge >= 0.3 is 0 Å². The Balaban J connectivity index is 1.79. The molecule has 0 spiro atoms. The first kappa shape index (κ1) is 14.1. The van der Waals surface area contributed by atoms with E-state index in [1.807, 2.05) is 55.5 Å². The first-order valence-electron chi connectivity index (χ1n) is 7.02. The van der Waals surface area contributed by atoms with Crippen LogP contribution in [0.4, 0.5) is 11.4 Å². The summed E-state index contributed by atoms with van der Waals surface area (Å²) in [6, 6.07) is 15.3. The predicted molar refractivity (Wildman–Crippen MR) is 84.8 cm³/mol. The van der Waals surface area contributed by atoms with Crippen molar-refractivity contribution in [2.75, 3.05) is 10.7 Å². The Bertz CT molecular complexity index is 701. The highest BCUT2D eigenvalue weighted by molar-refractivity contribution is 5.65. The van der Waals surface area contributed by atoms with Crippen LogP contribution in [0, 0.1) is 6.92 Å². The summed E-state index contributed by atoms with van der Waals surface area (Å²) in [5.41, 5.74) is 9.46. The monoisotopic (exact) mass is 295 g/mol. The first-order chi connectivity index (χ1) is 10.7. The summed E-state index contributed by atoms with van der Waals surface area (Å²) in [7, 11) is 0. The number of hydrogen-bond donors (Lipinski definition) is 1. The lowest BCUT2D eigenvalue weighted by Gasteiger charge is -2.23. The van der Waals surface area contributed by atoms with Crippen LogP contribution in [-0.2, 0) is 11.3 Å². The van der Waals surface area contributed by atoms with Crippen LogP contribution in [0.3, 0.4) is 0 Å². The van der Waals surface area contributed by atoms with Crippen LogP contribution in [-0.4, -0.2) is 17.5 Å². The van der Waals surface area contributed by atoms with Crippen molar-refractivity contribution in [1.82, 2.24) is 5.01 Å². The van der Waals surface area contributed by atoms with Gasteiger partial charge in [-0.1, -0.05) is 35.6 Å². The molecule has 0 radical (unpaired) electrons. The molecule has 6 nitrogen and oxygen atoms in total. The number of para-hydroxylation sites is 1. The Kier molecular flexibility index (Phi) is 3.74. The van der Waals surface area contributed by atoms with E-state index in [2.05, 4.69) is 10.4 Å². The van der Waals surface area contributed by atoms with Crippen molar-refractivity contribution in [1.29, 1.82) is 0 Å². The molecule has 112 valence electrons. The van der Waals surface area contributed by atoms with Crippen LogP contribution in [0.5, 0.6) is 0 Å². The van der Waals surface area contributed by atoms with E-state index in [-0.39, 0.29) is 0 Å². The predicted octanol–water partition coefficient (Wildman–Crippen LogP) is 2.71. The van der Waals surface area contributed by atoms with Crippen molar-refractivity contribution in [3.63, 3.8) is 0 Å². The average molecular weight is 295 g/mol. The lowest BCUT2D eigenvalue weighted by atomic mass is 10.1. The molecule has 1 atom stereocenters. The van der Waals surface area contributed by atoms with Gasteiger partial charge in [-0.15, -0.1) is 0 Å². The van der Waals surface area contributed by atoms with Crippen LogP contribution >= 0.6 is 0 Å². The highest BCUT2D eigenvalue weighted by Crippen LogP contribution is 2.25. The van der Waals surface area contributed by atoms with Crippen molar-refractivity contribution in [2.24, 2.45) is 10.4 Å². The quantitative estimate of drug-likeness (QED) is 0.695. The number of nitrogen functional groups attached to an aromatic ring is 1. The second-order valence-corrected chi connectivity index (χ2v) is 5.20. The number of benzene rings is 2. The van der Waals surface area contributed by atoms with Gasteiger partial charge in [0.25, 0.3) is 0 Å². The summed E-state index contributed by atoms with van der Waals surface area (Å²) in [6.07, 6.45) is 0.303. The summed E-state index contributed by atoms with van der Waals surface area (Å²) >= 11 is 0. The summed E-state index contributed by atoms with van der Waals surface area (Å²) in [4.78, 5) is 11.5. The number of nitrogens with zero attached hydrogens (tertiary/aromatic N) is 4. The minimum absolute atomic E-state index is 0.497. The van der Waals surface area contributed by atoms with Gasteiger partial charge in [-0.05, 0) is 41.5 Å². The minimum Gasteiger partial charge on any atom is -0.399 e. The zero-order valence-corrected chi connectivity index (χ0v) is 12.3. The fourth-order valence-corrected chi connectivity index (χ4v) is 2.39. The van der Waals surface area contributed by atoms with Gasteiger partial charge < -0.3 is 5.73 Å². The van der Waals surface area contributed by atoms with E-state index in [0.717, 1.165) is 28.8 Å². The van der Waals surface area contributed by atoms with Gasteiger partial charge in [0, 0.05) is 5.69 Å². The van der Waals surface area contributed by atoms with Crippen LogP contribution in [0.25, 0.3) is 0 Å². The smallest absolute Gasteiger partial charge is 0.198 e. The molecule has 1 aliphatic rings. The van der Waals surface area contributed by atoms with Crippen molar-refractivity contribution in [2.45, 2.75) is 19.6 Å². The van der Waals surface area contributed by atoms with E-state index in [4.69, 9.17) is 5.73 Å². The van der Waals surface area contributed by atoms with E-state index in [1.165, 1.54) is 0 Å². The maximum absolute atomic E-state index is 11.5. The summed E-state index contributed by atoms with van der Waals surface area (Å²) in [5.74, 6) is 0. The Morgan fingerprint density at radius 1 is 1.18 bits per heavy atom. The maximum atomic E-state index is 11.5. The molecular formula is C16H17N5O. The molecule has 0 saturated carbocycles. The average Bonchev–Trinajstić information content (AvgIpc) is 2.94. The molecule has 0 bridgehead atoms. The second-order valence-electron chi connectivity index (χ2n) is 5.20. The molecule has 2 aromatic rings. The van der Waals surface area contributed by atoms with E-state index in [0.29, 0.717) is 6.54 Å². The van der Waals surface area contributed by atoms with Gasteiger partial charge in [-0.2, -0.15) is 0 Å². The van der Waals surface area contributed by atoms with Crippen molar-refractivity contribution in [3.8, 4) is 0 Å². The first-order valence-corrected chi connectivity index (χ1v) is 7.02. The number of carbonyl (C=O) groups excluding carboxylic acids is 1. The third-order valence-corrected chi connectivity index (χ3v) is 3.63. The topological polar surface area (TPSA) is 74.3 Å². The normalized spacial score (nSPS) is 17.0. The number of aldehydes is 1. The zero-order valence-electron chi connectivity index (χ0n) is 12.3. The lowest BCUT2D eigenvalue weighted by molar-refractivity contribution is -0.111. The number of nitrogens with two attached hydrogens (primary N) is 1. The molecule has 22 heavy (non-hydrogen) atoms. The van der Waals surface area contributed by atoms with Gasteiger partial charge in [-0.3, -0.25) is 4.79 Å². The lowest BCUT2D eigenvalue weighted by Crippen LogP contribution is -2.39. The fourth-order valence-electron chi connectivity index (χ4n) is 2.39. The van der Waals surface area contributed by atoms with Crippen molar-refractivity contribution >= 4 is 17.7 Å². The van der Waals surface area contributed by atoms with Gasteiger partial charge in [0.2, 0.25) is 0 Å². The van der Waals surface area contributed by atoms with Crippen LogP contribution in [0.2, 0.25) is 0 Å². The third kappa shape index (κ3) is 2.63. The SMILES string of the molecule is Cc1cc(CN2N=NN(c3ccccc3)C2C=O)ccc1N. The standard InChI is InChI=1S/C16H17N5O/c1-12-9-13(7-8-15(12)17)10-20-16(11-22)21(19-18-20)14-5-3-2-4-6-14/h2-9,11,16H,10,17H2,1H3. The van der Waals surface area contributed by atoms with Gasteiger partial charge in [0.15, 0.2) is 12.5 Å². The molecular weight excluding hydrogens is 278 g/mol. The van der Waals surface area contributed by atoms with Crippen LogP contribution < -0.4 is 10.7 Å². The number of anilines is 2. The third-order valence-electron chi connectivity index (χ3n) is 3.63. The Morgan fingerprint density at radius 2 is 1.95 bits per heavy atom. The number of carbonyl (C=O) groups is 1.